The predicted molar refractivity (Wildman–Crippen MR) is 123 cm³/mol. The number of carbonyl (C=O) groups is 1. The fourth-order valence-corrected chi connectivity index (χ4v) is 4.34. The molecule has 0 spiro atoms. The van der Waals surface area contributed by atoms with Crippen LogP contribution in [0.2, 0.25) is 0 Å². The van der Waals surface area contributed by atoms with Crippen LogP contribution in [0.15, 0.2) is 65.5 Å². The molecule has 0 amide bonds. The van der Waals surface area contributed by atoms with Crippen molar-refractivity contribution in [1.82, 2.24) is 4.57 Å². The molecular weight excluding hydrogens is 406 g/mol. The van der Waals surface area contributed by atoms with Crippen LogP contribution < -0.4 is 20.8 Å². The molecule has 0 bridgehead atoms. The van der Waals surface area contributed by atoms with Crippen LogP contribution in [0.5, 0.6) is 11.5 Å². The molecule has 3 N–H and O–H groups in total. The van der Waals surface area contributed by atoms with E-state index >= 15 is 0 Å². The number of amidine groups is 1. The van der Waals surface area contributed by atoms with Gasteiger partial charge in [-0.3, -0.25) is 19.6 Å². The van der Waals surface area contributed by atoms with Gasteiger partial charge in [0.1, 0.15) is 5.84 Å². The van der Waals surface area contributed by atoms with Crippen LogP contribution in [0.3, 0.4) is 0 Å². The Hall–Kier alpha value is -4.39. The molecule has 1 aromatic heterocycles. The van der Waals surface area contributed by atoms with Gasteiger partial charge in [-0.25, -0.2) is 0 Å². The summed E-state index contributed by atoms with van der Waals surface area (Å²) in [4.78, 5) is 27.4. The first-order valence-electron chi connectivity index (χ1n) is 9.90. The molecule has 5 rings (SSSR count). The van der Waals surface area contributed by atoms with Gasteiger partial charge in [0.25, 0.3) is 5.56 Å². The Labute approximate surface area is 183 Å². The Kier molecular flexibility index (Phi) is 4.34. The Morgan fingerprint density at radius 2 is 1.59 bits per heavy atom. The van der Waals surface area contributed by atoms with Gasteiger partial charge in [-0.1, -0.05) is 24.3 Å². The smallest absolute Gasteiger partial charge is 0.267 e. The van der Waals surface area contributed by atoms with Crippen LogP contribution in [0.4, 0.5) is 0 Å². The summed E-state index contributed by atoms with van der Waals surface area (Å²) in [5.41, 5.74) is 8.54. The number of hydrogen-bond acceptors (Lipinski definition) is 5. The molecule has 3 aromatic carbocycles. The van der Waals surface area contributed by atoms with Crippen LogP contribution in [-0.2, 0) is 0 Å². The number of ketones is 1. The lowest BCUT2D eigenvalue weighted by molar-refractivity contribution is 0.104. The molecule has 7 nitrogen and oxygen atoms in total. The number of carbonyl (C=O) groups excluding carboxylic acids is 1. The van der Waals surface area contributed by atoms with E-state index in [4.69, 9.17) is 20.6 Å². The minimum absolute atomic E-state index is 0.0698. The fraction of sp³-hybridized carbons (Fsp3) is 0.0800. The molecule has 158 valence electrons. The van der Waals surface area contributed by atoms with E-state index in [0.29, 0.717) is 44.8 Å². The molecule has 0 radical (unpaired) electrons. The third-order valence-corrected chi connectivity index (χ3v) is 5.78. The normalized spacial score (nSPS) is 11.9. The van der Waals surface area contributed by atoms with Gasteiger partial charge in [0, 0.05) is 27.8 Å². The molecule has 0 saturated carbocycles. The van der Waals surface area contributed by atoms with Crippen LogP contribution in [0.25, 0.3) is 27.7 Å². The second kappa shape index (κ2) is 7.09. The molecule has 1 aliphatic rings. The van der Waals surface area contributed by atoms with Gasteiger partial charge < -0.3 is 15.2 Å². The minimum Gasteiger partial charge on any atom is -0.493 e. The van der Waals surface area contributed by atoms with E-state index in [1.807, 2.05) is 12.1 Å². The predicted octanol–water partition coefficient (Wildman–Crippen LogP) is 3.50. The molecule has 7 heteroatoms. The lowest BCUT2D eigenvalue weighted by Gasteiger charge is -2.18. The van der Waals surface area contributed by atoms with Gasteiger partial charge in [-0.2, -0.15) is 0 Å². The Morgan fingerprint density at radius 3 is 2.22 bits per heavy atom. The Morgan fingerprint density at radius 1 is 0.906 bits per heavy atom. The quantitative estimate of drug-likeness (QED) is 0.338. The topological polar surface area (TPSA) is 107 Å². The maximum absolute atomic E-state index is 13.9. The van der Waals surface area contributed by atoms with Gasteiger partial charge in [0.2, 0.25) is 0 Å². The number of methoxy groups -OCH3 is 2. The first-order chi connectivity index (χ1) is 15.5. The van der Waals surface area contributed by atoms with Crippen molar-refractivity contribution < 1.29 is 14.3 Å². The van der Waals surface area contributed by atoms with Crippen molar-refractivity contribution in [2.24, 2.45) is 5.73 Å². The zero-order valence-electron chi connectivity index (χ0n) is 17.4. The third kappa shape index (κ3) is 2.58. The molecule has 0 saturated heterocycles. The number of ether oxygens (including phenoxy) is 2. The number of fused-ring (bicyclic) bond motifs is 5. The van der Waals surface area contributed by atoms with Crippen molar-refractivity contribution in [3.8, 4) is 28.4 Å². The van der Waals surface area contributed by atoms with Gasteiger partial charge >= 0.3 is 0 Å². The first-order valence-corrected chi connectivity index (χ1v) is 9.90. The van der Waals surface area contributed by atoms with Crippen molar-refractivity contribution in [3.63, 3.8) is 0 Å². The lowest BCUT2D eigenvalue weighted by atomic mass is 10.0. The van der Waals surface area contributed by atoms with Crippen molar-refractivity contribution in [2.75, 3.05) is 14.2 Å². The highest BCUT2D eigenvalue weighted by atomic mass is 16.5. The summed E-state index contributed by atoms with van der Waals surface area (Å²) in [6.45, 7) is 0. The molecule has 4 aromatic rings. The monoisotopic (exact) mass is 425 g/mol. The molecular formula is C25H19N3O4. The number of hydrogen-bond donors (Lipinski definition) is 2. The number of nitrogen functional groups attached to an aromatic ring is 1. The zero-order valence-corrected chi connectivity index (χ0v) is 17.4. The fourth-order valence-electron chi connectivity index (χ4n) is 4.34. The van der Waals surface area contributed by atoms with Gasteiger partial charge in [0.05, 0.1) is 30.9 Å². The van der Waals surface area contributed by atoms with Crippen molar-refractivity contribution in [1.29, 1.82) is 5.41 Å². The van der Waals surface area contributed by atoms with Gasteiger partial charge in [-0.15, -0.1) is 0 Å². The average molecular weight is 425 g/mol. The van der Waals surface area contributed by atoms with E-state index in [1.165, 1.54) is 18.8 Å². The van der Waals surface area contributed by atoms with Gasteiger partial charge in [-0.05, 0) is 36.4 Å². The van der Waals surface area contributed by atoms with Crippen LogP contribution in [0.1, 0.15) is 21.5 Å². The molecule has 0 aliphatic heterocycles. The minimum atomic E-state index is -0.338. The largest absolute Gasteiger partial charge is 0.493 e. The molecule has 32 heavy (non-hydrogen) atoms. The highest BCUT2D eigenvalue weighted by molar-refractivity contribution is 6.27. The third-order valence-electron chi connectivity index (χ3n) is 5.78. The summed E-state index contributed by atoms with van der Waals surface area (Å²) in [7, 11) is 2.96. The molecule has 0 fully saturated rings. The zero-order chi connectivity index (χ0) is 22.6. The Bertz CT molecular complexity index is 1500. The molecule has 0 atom stereocenters. The highest BCUT2D eigenvalue weighted by Crippen LogP contribution is 2.43. The number of nitrogens with one attached hydrogen (secondary N) is 1. The van der Waals surface area contributed by atoms with Crippen molar-refractivity contribution in [2.45, 2.75) is 0 Å². The second-order valence-electron chi connectivity index (χ2n) is 7.42. The number of rotatable bonds is 4. The number of pyridine rings is 1. The van der Waals surface area contributed by atoms with Crippen LogP contribution in [0, 0.1) is 5.41 Å². The van der Waals surface area contributed by atoms with E-state index in [9.17, 15) is 9.59 Å². The second-order valence-corrected chi connectivity index (χ2v) is 7.42. The maximum Gasteiger partial charge on any atom is 0.267 e. The van der Waals surface area contributed by atoms with Gasteiger partial charge in [0.15, 0.2) is 17.3 Å². The molecule has 1 aliphatic carbocycles. The number of nitrogens with zero attached hydrogens (tertiary/aromatic N) is 1. The summed E-state index contributed by atoms with van der Waals surface area (Å²) < 4.78 is 12.5. The SMILES string of the molecule is COc1ccc2c3c(n(-c4ccc(C(=N)N)cc4)c(=O)c2c1OC)-c1ccccc1C3=O. The van der Waals surface area contributed by atoms with E-state index in [1.54, 1.807) is 48.5 Å². The van der Waals surface area contributed by atoms with E-state index < -0.39 is 0 Å². The highest BCUT2D eigenvalue weighted by Gasteiger charge is 2.34. The molecule has 0 unspecified atom stereocenters. The summed E-state index contributed by atoms with van der Waals surface area (Å²) in [6.07, 6.45) is 0. The summed E-state index contributed by atoms with van der Waals surface area (Å²) >= 11 is 0. The standard InChI is InChI=1S/C25H19N3O4/c1-31-18-12-11-17-19-21(15-5-3-4-6-16(15)22(19)29)28(25(30)20(17)23(18)32-2)14-9-7-13(8-10-14)24(26)27/h3-12H,1-2H3,(H3,26,27). The van der Waals surface area contributed by atoms with Crippen molar-refractivity contribution >= 4 is 22.4 Å². The maximum atomic E-state index is 13.9. The van der Waals surface area contributed by atoms with Crippen LogP contribution in [-0.4, -0.2) is 30.4 Å². The van der Waals surface area contributed by atoms with E-state index in [0.717, 1.165) is 0 Å². The van der Waals surface area contributed by atoms with Crippen LogP contribution >= 0.6 is 0 Å². The summed E-state index contributed by atoms with van der Waals surface area (Å²) in [5.74, 6) is 0.454. The average Bonchev–Trinajstić information content (AvgIpc) is 3.11. The van der Waals surface area contributed by atoms with Crippen molar-refractivity contribution in [3.05, 3.63) is 87.7 Å². The first kappa shape index (κ1) is 19.6. The van der Waals surface area contributed by atoms with E-state index in [-0.39, 0.29) is 28.3 Å². The Balaban J connectivity index is 1.98. The summed E-state index contributed by atoms with van der Waals surface area (Å²) in [5, 5.41) is 8.42. The van der Waals surface area contributed by atoms with E-state index in [2.05, 4.69) is 0 Å². The summed E-state index contributed by atoms with van der Waals surface area (Å²) in [6, 6.07) is 17.4. The lowest BCUT2D eigenvalue weighted by Crippen LogP contribution is -2.22. The molecule has 1 heterocycles. The number of nitrogens with two attached hydrogens (primary N) is 1. The number of aromatic nitrogens is 1. The number of benzene rings is 3.